The second kappa shape index (κ2) is 7.79. The lowest BCUT2D eigenvalue weighted by Gasteiger charge is -2.21. The van der Waals surface area contributed by atoms with Crippen LogP contribution in [0.1, 0.15) is 29.2 Å². The van der Waals surface area contributed by atoms with Crippen molar-refractivity contribution in [1.29, 1.82) is 0 Å². The van der Waals surface area contributed by atoms with Crippen LogP contribution in [-0.2, 0) is 22.5 Å². The van der Waals surface area contributed by atoms with Crippen molar-refractivity contribution in [1.82, 2.24) is 10.1 Å². The number of hydrogen-bond acceptors (Lipinski definition) is 5. The SMILES string of the molecule is COCCN(Cc1ccco1)C(=O)CCc1c(C)noc1C. The van der Waals surface area contributed by atoms with Crippen LogP contribution in [-0.4, -0.2) is 36.2 Å². The summed E-state index contributed by atoms with van der Waals surface area (Å²) in [5.41, 5.74) is 1.86. The Hall–Kier alpha value is -2.08. The number of ether oxygens (including phenoxy) is 1. The van der Waals surface area contributed by atoms with E-state index in [9.17, 15) is 4.79 Å². The van der Waals surface area contributed by atoms with Crippen LogP contribution < -0.4 is 0 Å². The first kappa shape index (κ1) is 16.3. The zero-order valence-electron chi connectivity index (χ0n) is 13.3. The smallest absolute Gasteiger partial charge is 0.223 e. The third-order valence-electron chi connectivity index (χ3n) is 3.61. The van der Waals surface area contributed by atoms with Gasteiger partial charge in [-0.05, 0) is 32.4 Å². The van der Waals surface area contributed by atoms with E-state index in [1.165, 1.54) is 0 Å². The molecule has 2 aromatic heterocycles. The van der Waals surface area contributed by atoms with Gasteiger partial charge in [-0.15, -0.1) is 0 Å². The summed E-state index contributed by atoms with van der Waals surface area (Å²) in [4.78, 5) is 14.2. The number of methoxy groups -OCH3 is 1. The van der Waals surface area contributed by atoms with Gasteiger partial charge in [-0.1, -0.05) is 5.16 Å². The zero-order chi connectivity index (χ0) is 15.9. The number of carbonyl (C=O) groups is 1. The van der Waals surface area contributed by atoms with E-state index in [4.69, 9.17) is 13.7 Å². The van der Waals surface area contributed by atoms with Gasteiger partial charge in [0.25, 0.3) is 0 Å². The molecule has 0 saturated heterocycles. The molecule has 0 unspecified atom stereocenters. The van der Waals surface area contributed by atoms with Crippen molar-refractivity contribution in [2.75, 3.05) is 20.3 Å². The molecule has 2 aromatic rings. The summed E-state index contributed by atoms with van der Waals surface area (Å²) in [5.74, 6) is 1.61. The number of rotatable bonds is 8. The van der Waals surface area contributed by atoms with Crippen molar-refractivity contribution >= 4 is 5.91 Å². The molecule has 6 nitrogen and oxygen atoms in total. The van der Waals surface area contributed by atoms with E-state index < -0.39 is 0 Å². The van der Waals surface area contributed by atoms with Gasteiger partial charge in [-0.2, -0.15) is 0 Å². The molecule has 120 valence electrons. The molecule has 0 aromatic carbocycles. The van der Waals surface area contributed by atoms with E-state index in [2.05, 4.69) is 5.16 Å². The first-order valence-corrected chi connectivity index (χ1v) is 7.32. The average Bonchev–Trinajstić information content (AvgIpc) is 3.12. The highest BCUT2D eigenvalue weighted by Crippen LogP contribution is 2.15. The molecule has 0 N–H and O–H groups in total. The van der Waals surface area contributed by atoms with E-state index in [1.807, 2.05) is 26.0 Å². The first-order chi connectivity index (χ1) is 10.6. The molecule has 0 bridgehead atoms. The van der Waals surface area contributed by atoms with Gasteiger partial charge >= 0.3 is 0 Å². The maximum Gasteiger partial charge on any atom is 0.223 e. The van der Waals surface area contributed by atoms with E-state index >= 15 is 0 Å². The number of amides is 1. The van der Waals surface area contributed by atoms with Crippen molar-refractivity contribution in [3.8, 4) is 0 Å². The molecule has 0 atom stereocenters. The lowest BCUT2D eigenvalue weighted by Crippen LogP contribution is -2.33. The topological polar surface area (TPSA) is 68.7 Å². The number of carbonyl (C=O) groups excluding carboxylic acids is 1. The largest absolute Gasteiger partial charge is 0.467 e. The lowest BCUT2D eigenvalue weighted by molar-refractivity contribution is -0.132. The van der Waals surface area contributed by atoms with Crippen LogP contribution in [0.15, 0.2) is 27.3 Å². The summed E-state index contributed by atoms with van der Waals surface area (Å²) in [6, 6.07) is 3.68. The summed E-state index contributed by atoms with van der Waals surface area (Å²) >= 11 is 0. The predicted molar refractivity (Wildman–Crippen MR) is 80.3 cm³/mol. The highest BCUT2D eigenvalue weighted by Gasteiger charge is 2.17. The fourth-order valence-electron chi connectivity index (χ4n) is 2.33. The van der Waals surface area contributed by atoms with Gasteiger partial charge in [0.1, 0.15) is 11.5 Å². The van der Waals surface area contributed by atoms with Gasteiger partial charge in [0.2, 0.25) is 5.91 Å². The highest BCUT2D eigenvalue weighted by molar-refractivity contribution is 5.76. The minimum Gasteiger partial charge on any atom is -0.467 e. The summed E-state index contributed by atoms with van der Waals surface area (Å²) in [5, 5.41) is 3.91. The summed E-state index contributed by atoms with van der Waals surface area (Å²) in [7, 11) is 1.62. The maximum absolute atomic E-state index is 12.5. The van der Waals surface area contributed by atoms with Crippen LogP contribution in [0.2, 0.25) is 0 Å². The normalized spacial score (nSPS) is 10.9. The Morgan fingerprint density at radius 3 is 2.82 bits per heavy atom. The Kier molecular flexibility index (Phi) is 5.77. The Labute approximate surface area is 130 Å². The van der Waals surface area contributed by atoms with E-state index in [-0.39, 0.29) is 5.91 Å². The molecule has 0 aliphatic heterocycles. The van der Waals surface area contributed by atoms with Crippen molar-refractivity contribution in [3.05, 3.63) is 41.2 Å². The first-order valence-electron chi connectivity index (χ1n) is 7.32. The van der Waals surface area contributed by atoms with Crippen LogP contribution in [0.25, 0.3) is 0 Å². The molecular weight excluding hydrogens is 284 g/mol. The molecule has 0 aliphatic carbocycles. The Bertz CT molecular complexity index is 570. The molecular formula is C16H22N2O4. The van der Waals surface area contributed by atoms with Crippen LogP contribution in [0.5, 0.6) is 0 Å². The van der Waals surface area contributed by atoms with E-state index in [0.717, 1.165) is 22.8 Å². The number of nitrogens with zero attached hydrogens (tertiary/aromatic N) is 2. The zero-order valence-corrected chi connectivity index (χ0v) is 13.3. The third kappa shape index (κ3) is 4.21. The number of hydrogen-bond donors (Lipinski definition) is 0. The van der Waals surface area contributed by atoms with Gasteiger partial charge in [-0.25, -0.2) is 0 Å². The quantitative estimate of drug-likeness (QED) is 0.749. The van der Waals surface area contributed by atoms with Gasteiger partial charge in [0.05, 0.1) is 25.1 Å². The molecule has 22 heavy (non-hydrogen) atoms. The van der Waals surface area contributed by atoms with Crippen LogP contribution in [0.4, 0.5) is 0 Å². The lowest BCUT2D eigenvalue weighted by atomic mass is 10.1. The molecule has 0 radical (unpaired) electrons. The van der Waals surface area contributed by atoms with Crippen molar-refractivity contribution in [2.24, 2.45) is 0 Å². The maximum atomic E-state index is 12.5. The van der Waals surface area contributed by atoms with Gasteiger partial charge < -0.3 is 18.6 Å². The molecule has 2 heterocycles. The third-order valence-corrected chi connectivity index (χ3v) is 3.61. The Morgan fingerprint density at radius 1 is 1.41 bits per heavy atom. The monoisotopic (exact) mass is 306 g/mol. The number of aromatic nitrogens is 1. The van der Waals surface area contributed by atoms with Crippen LogP contribution >= 0.6 is 0 Å². The van der Waals surface area contributed by atoms with Crippen molar-refractivity contribution in [2.45, 2.75) is 33.2 Å². The van der Waals surface area contributed by atoms with Crippen LogP contribution in [0.3, 0.4) is 0 Å². The molecule has 2 rings (SSSR count). The fourth-order valence-corrected chi connectivity index (χ4v) is 2.33. The van der Waals surface area contributed by atoms with E-state index in [0.29, 0.717) is 32.5 Å². The second-order valence-corrected chi connectivity index (χ2v) is 5.19. The summed E-state index contributed by atoms with van der Waals surface area (Å²) in [6.45, 7) is 5.25. The summed E-state index contributed by atoms with van der Waals surface area (Å²) in [6.07, 6.45) is 2.65. The highest BCUT2D eigenvalue weighted by atomic mass is 16.5. The average molecular weight is 306 g/mol. The number of furan rings is 1. The van der Waals surface area contributed by atoms with Gasteiger partial charge in [0.15, 0.2) is 0 Å². The van der Waals surface area contributed by atoms with Crippen molar-refractivity contribution in [3.63, 3.8) is 0 Å². The minimum absolute atomic E-state index is 0.0634. The fraction of sp³-hybridized carbons (Fsp3) is 0.500. The standard InChI is InChI=1S/C16H22N2O4/c1-12-15(13(2)22-17-12)6-7-16(19)18(8-10-20-3)11-14-5-4-9-21-14/h4-5,9H,6-8,10-11H2,1-3H3. The van der Waals surface area contributed by atoms with Gasteiger partial charge in [-0.3, -0.25) is 4.79 Å². The minimum atomic E-state index is 0.0634. The second-order valence-electron chi connectivity index (χ2n) is 5.19. The Balaban J connectivity index is 1.95. The van der Waals surface area contributed by atoms with Crippen molar-refractivity contribution < 1.29 is 18.5 Å². The molecule has 0 aliphatic rings. The predicted octanol–water partition coefficient (Wildman–Crippen LogP) is 2.49. The number of aryl methyl sites for hydroxylation is 2. The molecule has 0 spiro atoms. The van der Waals surface area contributed by atoms with Gasteiger partial charge in [0, 0.05) is 25.6 Å². The molecule has 1 amide bonds. The van der Waals surface area contributed by atoms with E-state index in [1.54, 1.807) is 18.3 Å². The molecule has 6 heteroatoms. The Morgan fingerprint density at radius 2 is 2.23 bits per heavy atom. The molecule has 0 fully saturated rings. The summed E-state index contributed by atoms with van der Waals surface area (Å²) < 4.78 is 15.5. The van der Waals surface area contributed by atoms with Crippen LogP contribution in [0, 0.1) is 13.8 Å². The molecule has 0 saturated carbocycles.